The number of likely N-dealkylation sites (tertiary alicyclic amines) is 1. The first-order valence-corrected chi connectivity index (χ1v) is 11.4. The largest absolute Gasteiger partial charge is 0.300 e. The Morgan fingerprint density at radius 1 is 1.17 bits per heavy atom. The van der Waals surface area contributed by atoms with Crippen molar-refractivity contribution in [3.05, 3.63) is 41.3 Å². The van der Waals surface area contributed by atoms with Gasteiger partial charge >= 0.3 is 0 Å². The van der Waals surface area contributed by atoms with E-state index >= 15 is 0 Å². The van der Waals surface area contributed by atoms with Crippen LogP contribution in [0.3, 0.4) is 0 Å². The van der Waals surface area contributed by atoms with Crippen molar-refractivity contribution in [3.8, 4) is 0 Å². The average molecular weight is 367 g/mol. The van der Waals surface area contributed by atoms with Crippen molar-refractivity contribution in [3.63, 3.8) is 0 Å². The van der Waals surface area contributed by atoms with Gasteiger partial charge in [0.25, 0.3) is 0 Å². The molecule has 1 N–H and O–H groups in total. The van der Waals surface area contributed by atoms with Gasteiger partial charge in [-0.2, -0.15) is 11.8 Å². The smallest absolute Gasteiger partial charge is 0.233 e. The van der Waals surface area contributed by atoms with Gasteiger partial charge in [0.05, 0.1) is 0 Å². The molecule has 1 aromatic carbocycles. The zero-order valence-corrected chi connectivity index (χ0v) is 15.6. The molecule has 0 aromatic heterocycles. The summed E-state index contributed by atoms with van der Waals surface area (Å²) in [6.07, 6.45) is 5.13. The normalized spacial score (nSPS) is 23.9. The van der Waals surface area contributed by atoms with Crippen LogP contribution >= 0.6 is 11.8 Å². The molecule has 0 radical (unpaired) electrons. The van der Waals surface area contributed by atoms with Gasteiger partial charge in [0.2, 0.25) is 10.0 Å². The molecule has 6 heteroatoms. The maximum atomic E-state index is 12.1. The average Bonchev–Trinajstić information content (AvgIpc) is 3.15. The van der Waals surface area contributed by atoms with Crippen molar-refractivity contribution in [1.29, 1.82) is 0 Å². The number of nitrogens with one attached hydrogen (secondary N) is 1. The van der Waals surface area contributed by atoms with Crippen LogP contribution < -0.4 is 4.72 Å². The number of hydrogen-bond acceptors (Lipinski definition) is 4. The van der Waals surface area contributed by atoms with E-state index in [0.717, 1.165) is 37.5 Å². The fourth-order valence-corrected chi connectivity index (χ4v) is 5.50. The molecular formula is C18H26N2O2S2. The quantitative estimate of drug-likeness (QED) is 0.841. The Labute approximate surface area is 149 Å². The van der Waals surface area contributed by atoms with E-state index in [1.807, 2.05) is 30.3 Å². The summed E-state index contributed by atoms with van der Waals surface area (Å²) < 4.78 is 27.0. The molecule has 132 valence electrons. The molecule has 2 saturated heterocycles. The second kappa shape index (κ2) is 8.52. The highest BCUT2D eigenvalue weighted by Crippen LogP contribution is 2.26. The van der Waals surface area contributed by atoms with Gasteiger partial charge in [-0.1, -0.05) is 30.3 Å². The zero-order chi connectivity index (χ0) is 16.8. The summed E-state index contributed by atoms with van der Waals surface area (Å²) in [6, 6.07) is 10.3. The highest BCUT2D eigenvalue weighted by atomic mass is 32.2. The molecule has 3 rings (SSSR count). The van der Waals surface area contributed by atoms with E-state index in [2.05, 4.69) is 21.4 Å². The molecule has 0 spiro atoms. The molecule has 2 aliphatic heterocycles. The predicted octanol–water partition coefficient (Wildman–Crippen LogP) is 2.79. The maximum Gasteiger partial charge on any atom is 0.233 e. The third kappa shape index (κ3) is 5.34. The van der Waals surface area contributed by atoms with Crippen molar-refractivity contribution < 1.29 is 8.42 Å². The minimum absolute atomic E-state index is 0.454. The fourth-order valence-electron chi connectivity index (χ4n) is 3.35. The van der Waals surface area contributed by atoms with Gasteiger partial charge in [-0.3, -0.25) is 4.90 Å². The number of rotatable bonds is 6. The first kappa shape index (κ1) is 18.0. The molecule has 0 saturated carbocycles. The Morgan fingerprint density at radius 2 is 1.92 bits per heavy atom. The number of piperidine rings is 1. The van der Waals surface area contributed by atoms with E-state index in [1.165, 1.54) is 23.3 Å². The van der Waals surface area contributed by atoms with Crippen LogP contribution in [0.2, 0.25) is 0 Å². The topological polar surface area (TPSA) is 49.4 Å². The molecule has 0 unspecified atom stereocenters. The number of benzene rings is 1. The van der Waals surface area contributed by atoms with Crippen LogP contribution in [0.4, 0.5) is 0 Å². The van der Waals surface area contributed by atoms with Crippen LogP contribution in [0.1, 0.15) is 24.8 Å². The van der Waals surface area contributed by atoms with Crippen molar-refractivity contribution >= 4 is 27.9 Å². The van der Waals surface area contributed by atoms with Gasteiger partial charge in [0.15, 0.2) is 0 Å². The summed E-state index contributed by atoms with van der Waals surface area (Å²) in [5.41, 5.74) is 0.894. The molecule has 24 heavy (non-hydrogen) atoms. The molecule has 1 atom stereocenters. The molecule has 1 aromatic rings. The molecule has 0 amide bonds. The summed E-state index contributed by atoms with van der Waals surface area (Å²) in [5.74, 6) is 3.01. The summed E-state index contributed by atoms with van der Waals surface area (Å²) in [5, 5.41) is 1.27. The lowest BCUT2D eigenvalue weighted by Gasteiger charge is -2.35. The standard InChI is InChI=1S/C18H26N2O2S2/c21-24(22,13-9-16-4-2-1-3-5-16)19-14-17-6-10-20(11-7-17)18-8-12-23-15-18/h1-5,9,13,17-19H,6-8,10-12,14-15H2/b13-9+/t18-/m0/s1. The predicted molar refractivity (Wildman–Crippen MR) is 102 cm³/mol. The molecule has 0 aliphatic carbocycles. The second-order valence-electron chi connectivity index (χ2n) is 6.60. The van der Waals surface area contributed by atoms with E-state index < -0.39 is 10.0 Å². The zero-order valence-electron chi connectivity index (χ0n) is 13.9. The Balaban J connectivity index is 1.43. The van der Waals surface area contributed by atoms with Crippen LogP contribution in [0.25, 0.3) is 6.08 Å². The van der Waals surface area contributed by atoms with Gasteiger partial charge in [0.1, 0.15) is 0 Å². The van der Waals surface area contributed by atoms with Gasteiger partial charge in [-0.15, -0.1) is 0 Å². The van der Waals surface area contributed by atoms with Crippen LogP contribution in [-0.2, 0) is 10.0 Å². The number of thioether (sulfide) groups is 1. The van der Waals surface area contributed by atoms with Crippen molar-refractivity contribution in [1.82, 2.24) is 9.62 Å². The Hall–Kier alpha value is -0.820. The lowest BCUT2D eigenvalue weighted by molar-refractivity contribution is 0.145. The summed E-state index contributed by atoms with van der Waals surface area (Å²) in [4.78, 5) is 2.60. The second-order valence-corrected chi connectivity index (χ2v) is 9.40. The van der Waals surface area contributed by atoms with E-state index in [4.69, 9.17) is 0 Å². The van der Waals surface area contributed by atoms with Gasteiger partial charge < -0.3 is 0 Å². The summed E-state index contributed by atoms with van der Waals surface area (Å²) in [7, 11) is -3.36. The fraction of sp³-hybridized carbons (Fsp3) is 0.556. The lowest BCUT2D eigenvalue weighted by atomic mass is 9.96. The first-order chi connectivity index (χ1) is 11.6. The Bertz CT molecular complexity index is 632. The third-order valence-electron chi connectivity index (χ3n) is 4.88. The SMILES string of the molecule is O=S(=O)(/C=C/c1ccccc1)NCC1CCN([C@H]2CCSC2)CC1. The summed E-state index contributed by atoms with van der Waals surface area (Å²) >= 11 is 2.05. The van der Waals surface area contributed by atoms with Crippen molar-refractivity contribution in [2.75, 3.05) is 31.1 Å². The molecule has 2 heterocycles. The minimum atomic E-state index is -3.36. The molecule has 0 bridgehead atoms. The third-order valence-corrected chi connectivity index (χ3v) is 7.09. The van der Waals surface area contributed by atoms with Crippen LogP contribution in [0, 0.1) is 5.92 Å². The monoisotopic (exact) mass is 366 g/mol. The molecule has 2 fully saturated rings. The van der Waals surface area contributed by atoms with E-state index in [1.54, 1.807) is 6.08 Å². The highest BCUT2D eigenvalue weighted by molar-refractivity contribution is 7.99. The number of nitrogens with zero attached hydrogens (tertiary/aromatic N) is 1. The van der Waals surface area contributed by atoms with Gasteiger partial charge in [0, 0.05) is 23.7 Å². The van der Waals surface area contributed by atoms with Crippen molar-refractivity contribution in [2.24, 2.45) is 5.92 Å². The van der Waals surface area contributed by atoms with Crippen LogP contribution in [0.15, 0.2) is 35.7 Å². The molecule has 2 aliphatic rings. The van der Waals surface area contributed by atoms with E-state index in [-0.39, 0.29) is 0 Å². The van der Waals surface area contributed by atoms with Crippen LogP contribution in [0.5, 0.6) is 0 Å². The van der Waals surface area contributed by atoms with Gasteiger partial charge in [-0.25, -0.2) is 13.1 Å². The van der Waals surface area contributed by atoms with E-state index in [9.17, 15) is 8.42 Å². The Kier molecular flexibility index (Phi) is 6.38. The van der Waals surface area contributed by atoms with Gasteiger partial charge in [-0.05, 0) is 55.7 Å². The minimum Gasteiger partial charge on any atom is -0.300 e. The first-order valence-electron chi connectivity index (χ1n) is 8.67. The Morgan fingerprint density at radius 3 is 2.58 bits per heavy atom. The highest BCUT2D eigenvalue weighted by Gasteiger charge is 2.27. The molecule has 4 nitrogen and oxygen atoms in total. The van der Waals surface area contributed by atoms with E-state index in [0.29, 0.717) is 12.5 Å². The van der Waals surface area contributed by atoms with Crippen LogP contribution in [-0.4, -0.2) is 50.5 Å². The number of hydrogen-bond donors (Lipinski definition) is 1. The molecular weight excluding hydrogens is 340 g/mol. The summed E-state index contributed by atoms with van der Waals surface area (Å²) in [6.45, 7) is 2.77. The lowest BCUT2D eigenvalue weighted by Crippen LogP contribution is -2.43. The maximum absolute atomic E-state index is 12.1. The number of sulfonamides is 1. The van der Waals surface area contributed by atoms with Crippen molar-refractivity contribution in [2.45, 2.75) is 25.3 Å².